The Kier molecular flexibility index (Phi) is 5.94. The van der Waals surface area contributed by atoms with Crippen LogP contribution in [0, 0.1) is 0 Å². The summed E-state index contributed by atoms with van der Waals surface area (Å²) >= 11 is 0. The fourth-order valence-electron chi connectivity index (χ4n) is 3.16. The highest BCUT2D eigenvalue weighted by atomic mass is 16.5. The van der Waals surface area contributed by atoms with Gasteiger partial charge in [0.1, 0.15) is 0 Å². The van der Waals surface area contributed by atoms with E-state index in [0.29, 0.717) is 35.8 Å². The lowest BCUT2D eigenvalue weighted by Crippen LogP contribution is -2.21. The third-order valence-corrected chi connectivity index (χ3v) is 4.40. The molecule has 2 aromatic carbocycles. The number of allylic oxidation sites excluding steroid dienone is 1. The summed E-state index contributed by atoms with van der Waals surface area (Å²) < 4.78 is 11.3. The van der Waals surface area contributed by atoms with Crippen LogP contribution in [-0.2, 0) is 11.2 Å². The number of hydrogen-bond donors (Lipinski definition) is 0. The number of methoxy groups -OCH3 is 1. The van der Waals surface area contributed by atoms with Crippen LogP contribution in [0.15, 0.2) is 65.8 Å². The van der Waals surface area contributed by atoms with Crippen LogP contribution in [0.3, 0.4) is 0 Å². The first-order chi connectivity index (χ1) is 13.6. The van der Waals surface area contributed by atoms with Gasteiger partial charge in [-0.2, -0.15) is 10.1 Å². The molecule has 0 saturated heterocycles. The van der Waals surface area contributed by atoms with Crippen LogP contribution in [-0.4, -0.2) is 25.3 Å². The number of benzene rings is 2. The second-order valence-electron chi connectivity index (χ2n) is 6.33. The van der Waals surface area contributed by atoms with Gasteiger partial charge in [0.2, 0.25) is 0 Å². The number of carbonyl (C=O) groups is 1. The fourth-order valence-corrected chi connectivity index (χ4v) is 3.16. The van der Waals surface area contributed by atoms with E-state index in [1.807, 2.05) is 68.5 Å². The Labute approximate surface area is 165 Å². The number of carbonyl (C=O) groups excluding carboxylic acids is 1. The van der Waals surface area contributed by atoms with Crippen molar-refractivity contribution in [3.05, 3.63) is 71.8 Å². The van der Waals surface area contributed by atoms with Gasteiger partial charge in [0.25, 0.3) is 5.91 Å². The normalized spacial score (nSPS) is 15.0. The van der Waals surface area contributed by atoms with Gasteiger partial charge in [-0.05, 0) is 56.2 Å². The molecule has 0 N–H and O–H groups in total. The zero-order valence-electron chi connectivity index (χ0n) is 16.4. The van der Waals surface area contributed by atoms with Gasteiger partial charge in [-0.3, -0.25) is 4.79 Å². The van der Waals surface area contributed by atoms with Crippen molar-refractivity contribution >= 4 is 23.4 Å². The van der Waals surface area contributed by atoms with Gasteiger partial charge < -0.3 is 9.47 Å². The highest BCUT2D eigenvalue weighted by molar-refractivity contribution is 6.32. The van der Waals surface area contributed by atoms with E-state index in [1.165, 1.54) is 5.01 Å². The van der Waals surface area contributed by atoms with Crippen LogP contribution in [0.25, 0.3) is 6.08 Å². The summed E-state index contributed by atoms with van der Waals surface area (Å²) in [5.41, 5.74) is 3.78. The molecule has 144 valence electrons. The van der Waals surface area contributed by atoms with Crippen molar-refractivity contribution in [2.24, 2.45) is 5.10 Å². The molecule has 1 heterocycles. The minimum absolute atomic E-state index is 0.150. The standard InChI is InChI=1S/C23H24N2O3/c1-5-10-18-13-17(15-21(28-6-2)22(18)27-4)14-20-16(3)24-25(23(20)26)19-11-8-7-9-12-19/h5,7-9,11-15H,1,6,10H2,2-4H3/b20-14+. The smallest absolute Gasteiger partial charge is 0.280 e. The molecule has 0 unspecified atom stereocenters. The van der Waals surface area contributed by atoms with Crippen molar-refractivity contribution in [1.29, 1.82) is 0 Å². The quantitative estimate of drug-likeness (QED) is 0.523. The van der Waals surface area contributed by atoms with E-state index in [2.05, 4.69) is 11.7 Å². The van der Waals surface area contributed by atoms with E-state index in [4.69, 9.17) is 9.47 Å². The number of rotatable bonds is 7. The van der Waals surface area contributed by atoms with Crippen molar-refractivity contribution in [1.82, 2.24) is 0 Å². The van der Waals surface area contributed by atoms with Crippen LogP contribution in [0.4, 0.5) is 5.69 Å². The largest absolute Gasteiger partial charge is 0.493 e. The van der Waals surface area contributed by atoms with Gasteiger partial charge in [0.05, 0.1) is 30.7 Å². The van der Waals surface area contributed by atoms with Gasteiger partial charge >= 0.3 is 0 Å². The van der Waals surface area contributed by atoms with Crippen molar-refractivity contribution in [3.63, 3.8) is 0 Å². The number of ether oxygens (including phenoxy) is 2. The van der Waals surface area contributed by atoms with E-state index in [-0.39, 0.29) is 5.91 Å². The molecule has 5 nitrogen and oxygen atoms in total. The number of para-hydroxylation sites is 1. The van der Waals surface area contributed by atoms with Crippen LogP contribution in [0.5, 0.6) is 11.5 Å². The maximum Gasteiger partial charge on any atom is 0.280 e. The maximum absolute atomic E-state index is 12.9. The molecule has 0 saturated carbocycles. The number of nitrogens with zero attached hydrogens (tertiary/aromatic N) is 2. The van der Waals surface area contributed by atoms with Gasteiger partial charge in [-0.1, -0.05) is 24.3 Å². The fraction of sp³-hybridized carbons (Fsp3) is 0.217. The van der Waals surface area contributed by atoms with E-state index < -0.39 is 0 Å². The first-order valence-corrected chi connectivity index (χ1v) is 9.20. The van der Waals surface area contributed by atoms with Crippen LogP contribution < -0.4 is 14.5 Å². The first kappa shape index (κ1) is 19.4. The third-order valence-electron chi connectivity index (χ3n) is 4.40. The molecule has 1 aliphatic heterocycles. The van der Waals surface area contributed by atoms with Crippen molar-refractivity contribution < 1.29 is 14.3 Å². The van der Waals surface area contributed by atoms with Crippen LogP contribution in [0.1, 0.15) is 25.0 Å². The van der Waals surface area contributed by atoms with Crippen LogP contribution >= 0.6 is 0 Å². The number of amides is 1. The van der Waals surface area contributed by atoms with Crippen LogP contribution in [0.2, 0.25) is 0 Å². The maximum atomic E-state index is 12.9. The lowest BCUT2D eigenvalue weighted by atomic mass is 10.0. The monoisotopic (exact) mass is 376 g/mol. The summed E-state index contributed by atoms with van der Waals surface area (Å²) in [7, 11) is 1.62. The minimum Gasteiger partial charge on any atom is -0.493 e. The number of anilines is 1. The second-order valence-corrected chi connectivity index (χ2v) is 6.33. The molecule has 0 fully saturated rings. The summed E-state index contributed by atoms with van der Waals surface area (Å²) in [5.74, 6) is 1.19. The number of hydrogen-bond acceptors (Lipinski definition) is 4. The molecule has 0 spiro atoms. The van der Waals surface area contributed by atoms with E-state index in [1.54, 1.807) is 7.11 Å². The van der Waals surface area contributed by atoms with E-state index in [0.717, 1.165) is 16.8 Å². The Bertz CT molecular complexity index is 946. The molecule has 1 aliphatic rings. The molecule has 0 aliphatic carbocycles. The Morgan fingerprint density at radius 1 is 1.21 bits per heavy atom. The summed E-state index contributed by atoms with van der Waals surface area (Å²) in [6.45, 7) is 8.10. The van der Waals surface area contributed by atoms with E-state index in [9.17, 15) is 4.79 Å². The summed E-state index contributed by atoms with van der Waals surface area (Å²) in [5, 5.41) is 5.86. The Balaban J connectivity index is 2.02. The Hall–Kier alpha value is -3.34. The summed E-state index contributed by atoms with van der Waals surface area (Å²) in [6, 6.07) is 13.3. The SMILES string of the molecule is C=CCc1cc(/C=C2/C(=O)N(c3ccccc3)N=C2C)cc(OCC)c1OC. The summed E-state index contributed by atoms with van der Waals surface area (Å²) in [6.07, 6.45) is 4.30. The number of hydrazone groups is 1. The average molecular weight is 376 g/mol. The van der Waals surface area contributed by atoms with Crippen molar-refractivity contribution in [2.45, 2.75) is 20.3 Å². The molecule has 0 radical (unpaired) electrons. The predicted octanol–water partition coefficient (Wildman–Crippen LogP) is 4.63. The Morgan fingerprint density at radius 2 is 1.96 bits per heavy atom. The van der Waals surface area contributed by atoms with Crippen molar-refractivity contribution in [3.8, 4) is 11.5 Å². The molecular formula is C23H24N2O3. The molecule has 0 atom stereocenters. The molecule has 1 amide bonds. The summed E-state index contributed by atoms with van der Waals surface area (Å²) in [4.78, 5) is 12.9. The molecule has 0 aromatic heterocycles. The lowest BCUT2D eigenvalue weighted by Gasteiger charge is -2.15. The van der Waals surface area contributed by atoms with Crippen molar-refractivity contribution in [2.75, 3.05) is 18.7 Å². The molecule has 3 rings (SSSR count). The third kappa shape index (κ3) is 3.83. The zero-order chi connectivity index (χ0) is 20.1. The zero-order valence-corrected chi connectivity index (χ0v) is 16.4. The molecule has 5 heteroatoms. The predicted molar refractivity (Wildman–Crippen MR) is 113 cm³/mol. The first-order valence-electron chi connectivity index (χ1n) is 9.20. The Morgan fingerprint density at radius 3 is 2.61 bits per heavy atom. The highest BCUT2D eigenvalue weighted by Gasteiger charge is 2.28. The van der Waals surface area contributed by atoms with Gasteiger partial charge in [-0.25, -0.2) is 0 Å². The average Bonchev–Trinajstić information content (AvgIpc) is 2.97. The molecule has 2 aromatic rings. The second kappa shape index (κ2) is 8.57. The molecule has 28 heavy (non-hydrogen) atoms. The minimum atomic E-state index is -0.150. The van der Waals surface area contributed by atoms with Gasteiger partial charge in [0, 0.05) is 5.56 Å². The molecule has 0 bridgehead atoms. The molecular weight excluding hydrogens is 352 g/mol. The van der Waals surface area contributed by atoms with Gasteiger partial charge in [0.15, 0.2) is 11.5 Å². The van der Waals surface area contributed by atoms with E-state index >= 15 is 0 Å². The lowest BCUT2D eigenvalue weighted by molar-refractivity contribution is -0.114. The highest BCUT2D eigenvalue weighted by Crippen LogP contribution is 2.35. The van der Waals surface area contributed by atoms with Gasteiger partial charge in [-0.15, -0.1) is 6.58 Å². The topological polar surface area (TPSA) is 51.1 Å².